The Morgan fingerprint density at radius 1 is 1.17 bits per heavy atom. The van der Waals surface area contributed by atoms with E-state index in [1.165, 1.54) is 16.5 Å². The van der Waals surface area contributed by atoms with Crippen LogP contribution in [-0.4, -0.2) is 22.5 Å². The molecule has 0 fully saturated rings. The highest BCUT2D eigenvalue weighted by atomic mass is 16.2. The molecule has 0 radical (unpaired) electrons. The number of carbonyl (C=O) groups is 1. The number of nitrogens with one attached hydrogen (secondary N) is 2. The first kappa shape index (κ1) is 14.8. The Morgan fingerprint density at radius 3 is 2.83 bits per heavy atom. The van der Waals surface area contributed by atoms with Crippen molar-refractivity contribution in [3.63, 3.8) is 0 Å². The maximum atomic E-state index is 12.6. The van der Waals surface area contributed by atoms with Crippen molar-refractivity contribution in [3.05, 3.63) is 64.8 Å². The normalized spacial score (nSPS) is 13.8. The van der Waals surface area contributed by atoms with E-state index in [4.69, 9.17) is 0 Å². The zero-order valence-corrected chi connectivity index (χ0v) is 14.0. The van der Waals surface area contributed by atoms with Crippen LogP contribution < -0.4 is 5.32 Å². The van der Waals surface area contributed by atoms with Crippen molar-refractivity contribution in [2.45, 2.75) is 26.8 Å². The summed E-state index contributed by atoms with van der Waals surface area (Å²) >= 11 is 0. The van der Waals surface area contributed by atoms with Crippen molar-refractivity contribution in [2.24, 2.45) is 0 Å². The first-order valence-electron chi connectivity index (χ1n) is 8.33. The predicted octanol–water partition coefficient (Wildman–Crippen LogP) is 4.37. The molecule has 0 atom stereocenters. The van der Waals surface area contributed by atoms with E-state index in [1.807, 2.05) is 30.0 Å². The number of aryl methyl sites for hydroxylation is 2. The van der Waals surface area contributed by atoms with E-state index in [-0.39, 0.29) is 6.03 Å². The highest BCUT2D eigenvalue weighted by molar-refractivity contribution is 5.91. The number of aromatic nitrogens is 1. The smallest absolute Gasteiger partial charge is 0.322 e. The molecule has 0 saturated carbocycles. The minimum absolute atomic E-state index is 0.0359. The van der Waals surface area contributed by atoms with Gasteiger partial charge in [0.1, 0.15) is 0 Å². The van der Waals surface area contributed by atoms with Crippen LogP contribution in [-0.2, 0) is 13.0 Å². The van der Waals surface area contributed by atoms with Crippen LogP contribution >= 0.6 is 0 Å². The second kappa shape index (κ2) is 5.71. The fraction of sp³-hybridized carbons (Fsp3) is 0.250. The number of aromatic amines is 1. The van der Waals surface area contributed by atoms with Gasteiger partial charge in [0, 0.05) is 28.8 Å². The highest BCUT2D eigenvalue weighted by Gasteiger charge is 2.24. The molecule has 1 aromatic heterocycles. The minimum Gasteiger partial charge on any atom is -0.357 e. The van der Waals surface area contributed by atoms with E-state index in [2.05, 4.69) is 41.5 Å². The lowest BCUT2D eigenvalue weighted by molar-refractivity contribution is 0.206. The van der Waals surface area contributed by atoms with Crippen LogP contribution in [0, 0.1) is 13.8 Å². The monoisotopic (exact) mass is 319 g/mol. The number of benzene rings is 2. The summed E-state index contributed by atoms with van der Waals surface area (Å²) < 4.78 is 0. The Morgan fingerprint density at radius 2 is 2.00 bits per heavy atom. The molecule has 0 saturated heterocycles. The number of hydrogen-bond acceptors (Lipinski definition) is 1. The van der Waals surface area contributed by atoms with Crippen LogP contribution in [0.4, 0.5) is 10.5 Å². The lowest BCUT2D eigenvalue weighted by Gasteiger charge is -2.27. The summed E-state index contributed by atoms with van der Waals surface area (Å²) in [7, 11) is 0. The molecule has 2 N–H and O–H groups in total. The van der Waals surface area contributed by atoms with Crippen molar-refractivity contribution in [3.8, 4) is 0 Å². The molecule has 4 heteroatoms. The molecule has 0 bridgehead atoms. The number of anilines is 1. The largest absolute Gasteiger partial charge is 0.357 e. The number of H-pyrrole nitrogens is 1. The van der Waals surface area contributed by atoms with Gasteiger partial charge in [-0.25, -0.2) is 4.79 Å². The van der Waals surface area contributed by atoms with E-state index in [0.29, 0.717) is 6.54 Å². The van der Waals surface area contributed by atoms with Gasteiger partial charge >= 0.3 is 6.03 Å². The average molecular weight is 319 g/mol. The van der Waals surface area contributed by atoms with E-state index in [1.54, 1.807) is 0 Å². The zero-order valence-electron chi connectivity index (χ0n) is 14.0. The highest BCUT2D eigenvalue weighted by Crippen LogP contribution is 2.27. The lowest BCUT2D eigenvalue weighted by atomic mass is 10.0. The van der Waals surface area contributed by atoms with Crippen LogP contribution in [0.25, 0.3) is 10.9 Å². The first-order chi connectivity index (χ1) is 11.6. The van der Waals surface area contributed by atoms with Crippen LogP contribution in [0.1, 0.15) is 22.4 Å². The van der Waals surface area contributed by atoms with Crippen molar-refractivity contribution in [1.82, 2.24) is 9.88 Å². The van der Waals surface area contributed by atoms with Crippen molar-refractivity contribution >= 4 is 22.6 Å². The molecule has 24 heavy (non-hydrogen) atoms. The van der Waals surface area contributed by atoms with Crippen LogP contribution in [0.15, 0.2) is 42.5 Å². The van der Waals surface area contributed by atoms with Crippen molar-refractivity contribution < 1.29 is 4.79 Å². The summed E-state index contributed by atoms with van der Waals surface area (Å²) in [6.07, 6.45) is 0.889. The zero-order chi connectivity index (χ0) is 16.7. The maximum absolute atomic E-state index is 12.6. The van der Waals surface area contributed by atoms with Gasteiger partial charge in [-0.05, 0) is 43.5 Å². The van der Waals surface area contributed by atoms with Crippen LogP contribution in [0.3, 0.4) is 0 Å². The number of fused-ring (bicyclic) bond motifs is 3. The van der Waals surface area contributed by atoms with Crippen LogP contribution in [0.2, 0.25) is 0 Å². The van der Waals surface area contributed by atoms with Gasteiger partial charge in [-0.15, -0.1) is 0 Å². The Hall–Kier alpha value is -2.75. The third-order valence-corrected chi connectivity index (χ3v) is 4.79. The lowest BCUT2D eigenvalue weighted by Crippen LogP contribution is -2.38. The summed E-state index contributed by atoms with van der Waals surface area (Å²) in [4.78, 5) is 18.0. The second-order valence-corrected chi connectivity index (χ2v) is 6.55. The quantitative estimate of drug-likeness (QED) is 0.687. The third kappa shape index (κ3) is 2.54. The first-order valence-corrected chi connectivity index (χ1v) is 8.33. The second-order valence-electron chi connectivity index (χ2n) is 6.55. The summed E-state index contributed by atoms with van der Waals surface area (Å²) in [5.41, 5.74) is 6.82. The number of nitrogens with zero attached hydrogens (tertiary/aromatic N) is 1. The third-order valence-electron chi connectivity index (χ3n) is 4.79. The Balaban J connectivity index is 1.54. The summed E-state index contributed by atoms with van der Waals surface area (Å²) in [5.74, 6) is 0. The Kier molecular flexibility index (Phi) is 3.53. The van der Waals surface area contributed by atoms with Crippen molar-refractivity contribution in [1.29, 1.82) is 0 Å². The molecule has 2 aromatic carbocycles. The summed E-state index contributed by atoms with van der Waals surface area (Å²) in [6.45, 7) is 5.45. The minimum atomic E-state index is -0.0359. The number of amides is 2. The topological polar surface area (TPSA) is 48.1 Å². The molecule has 122 valence electrons. The van der Waals surface area contributed by atoms with Gasteiger partial charge in [0.2, 0.25) is 0 Å². The molecule has 1 aliphatic heterocycles. The molecule has 4 rings (SSSR count). The van der Waals surface area contributed by atoms with E-state index in [9.17, 15) is 4.79 Å². The molecule has 2 amide bonds. The molecule has 0 aliphatic carbocycles. The SMILES string of the molecule is Cc1ccc(NC(=O)N2CCc3c([nH]c4ccccc34)C2)c(C)c1. The Labute approximate surface area is 141 Å². The van der Waals surface area contributed by atoms with Crippen LogP contribution in [0.5, 0.6) is 0 Å². The standard InChI is InChI=1S/C20H21N3O/c1-13-7-8-17(14(2)11-13)22-20(24)23-10-9-16-15-5-3-4-6-18(15)21-19(16)12-23/h3-8,11,21H,9-10,12H2,1-2H3,(H,22,24). The number of hydrogen-bond donors (Lipinski definition) is 2. The van der Waals surface area contributed by atoms with Gasteiger partial charge in [-0.2, -0.15) is 0 Å². The number of para-hydroxylation sites is 1. The summed E-state index contributed by atoms with van der Waals surface area (Å²) in [5, 5.41) is 4.32. The van der Waals surface area contributed by atoms with E-state index in [0.717, 1.165) is 35.4 Å². The fourth-order valence-electron chi connectivity index (χ4n) is 3.51. The number of carbonyl (C=O) groups excluding carboxylic acids is 1. The molecule has 4 nitrogen and oxygen atoms in total. The average Bonchev–Trinajstić information content (AvgIpc) is 2.95. The molecule has 0 spiro atoms. The maximum Gasteiger partial charge on any atom is 0.322 e. The molecule has 2 heterocycles. The van der Waals surface area contributed by atoms with Gasteiger partial charge < -0.3 is 15.2 Å². The fourth-order valence-corrected chi connectivity index (χ4v) is 3.51. The predicted molar refractivity (Wildman–Crippen MR) is 97.3 cm³/mol. The molecule has 0 unspecified atom stereocenters. The van der Waals surface area contributed by atoms with Crippen molar-refractivity contribution in [2.75, 3.05) is 11.9 Å². The van der Waals surface area contributed by atoms with Gasteiger partial charge in [-0.1, -0.05) is 35.9 Å². The Bertz CT molecular complexity index is 926. The van der Waals surface area contributed by atoms with E-state index >= 15 is 0 Å². The molecule has 3 aromatic rings. The van der Waals surface area contributed by atoms with Gasteiger partial charge in [0.05, 0.1) is 6.54 Å². The van der Waals surface area contributed by atoms with Gasteiger partial charge in [-0.3, -0.25) is 0 Å². The summed E-state index contributed by atoms with van der Waals surface area (Å²) in [6, 6.07) is 14.4. The molecular weight excluding hydrogens is 298 g/mol. The van der Waals surface area contributed by atoms with Gasteiger partial charge in [0.15, 0.2) is 0 Å². The number of urea groups is 1. The number of rotatable bonds is 1. The van der Waals surface area contributed by atoms with E-state index < -0.39 is 0 Å². The molecular formula is C20H21N3O. The molecule has 1 aliphatic rings. The van der Waals surface area contributed by atoms with Gasteiger partial charge in [0.25, 0.3) is 0 Å².